The van der Waals surface area contributed by atoms with Crippen LogP contribution in [0.1, 0.15) is 12.0 Å². The van der Waals surface area contributed by atoms with E-state index in [0.29, 0.717) is 12.3 Å². The molecule has 1 aliphatic heterocycles. The number of carbonyl (C=O) groups excluding carboxylic acids is 2. The molecule has 2 aromatic rings. The van der Waals surface area contributed by atoms with E-state index in [0.717, 1.165) is 17.8 Å². The predicted molar refractivity (Wildman–Crippen MR) is 102 cm³/mol. The highest BCUT2D eigenvalue weighted by Crippen LogP contribution is 2.30. The third-order valence-corrected chi connectivity index (χ3v) is 4.59. The molecule has 2 N–H and O–H groups in total. The number of hydrogen-bond acceptors (Lipinski definition) is 3. The van der Waals surface area contributed by atoms with Crippen molar-refractivity contribution in [1.82, 2.24) is 5.32 Å². The van der Waals surface area contributed by atoms with Crippen LogP contribution >= 0.6 is 0 Å². The van der Waals surface area contributed by atoms with Crippen LogP contribution in [-0.4, -0.2) is 32.1 Å². The second-order valence-electron chi connectivity index (χ2n) is 6.69. The van der Waals surface area contributed by atoms with Crippen LogP contribution in [0.4, 0.5) is 29.3 Å². The lowest BCUT2D eigenvalue weighted by molar-refractivity contribution is -0.137. The van der Waals surface area contributed by atoms with Crippen molar-refractivity contribution >= 4 is 23.3 Å². The molecule has 0 bridgehead atoms. The van der Waals surface area contributed by atoms with Gasteiger partial charge in [0.05, 0.1) is 12.7 Å². The van der Waals surface area contributed by atoms with E-state index in [-0.39, 0.29) is 30.5 Å². The minimum Gasteiger partial charge on any atom is -0.497 e. The Hall–Kier alpha value is -3.23. The third-order valence-electron chi connectivity index (χ3n) is 4.59. The predicted octanol–water partition coefficient (Wildman–Crippen LogP) is 3.89. The summed E-state index contributed by atoms with van der Waals surface area (Å²) in [5, 5.41) is 4.99. The first-order valence-electron chi connectivity index (χ1n) is 8.93. The number of nitrogens with one attached hydrogen (secondary N) is 2. The highest BCUT2D eigenvalue weighted by Gasteiger charge is 2.31. The summed E-state index contributed by atoms with van der Waals surface area (Å²) < 4.78 is 43.3. The molecule has 0 radical (unpaired) electrons. The van der Waals surface area contributed by atoms with Crippen LogP contribution in [0.5, 0.6) is 5.75 Å². The quantitative estimate of drug-likeness (QED) is 0.790. The average molecular weight is 407 g/mol. The molecule has 29 heavy (non-hydrogen) atoms. The van der Waals surface area contributed by atoms with Crippen LogP contribution in [0, 0.1) is 5.92 Å². The number of rotatable bonds is 5. The second-order valence-corrected chi connectivity index (χ2v) is 6.69. The molecule has 1 atom stereocenters. The summed E-state index contributed by atoms with van der Waals surface area (Å²) in [5.74, 6) is 0.530. The lowest BCUT2D eigenvalue weighted by Gasteiger charge is -2.17. The summed E-state index contributed by atoms with van der Waals surface area (Å²) in [5.41, 5.74) is -0.0572. The summed E-state index contributed by atoms with van der Waals surface area (Å²) in [7, 11) is 1.56. The Bertz CT molecular complexity index is 885. The number of carbonyl (C=O) groups is 2. The minimum atomic E-state index is -4.48. The van der Waals surface area contributed by atoms with Crippen molar-refractivity contribution in [3.63, 3.8) is 0 Å². The highest BCUT2D eigenvalue weighted by atomic mass is 19.4. The Labute approximate surface area is 165 Å². The van der Waals surface area contributed by atoms with Gasteiger partial charge in [-0.1, -0.05) is 6.07 Å². The zero-order chi connectivity index (χ0) is 21.0. The van der Waals surface area contributed by atoms with Crippen molar-refractivity contribution in [2.24, 2.45) is 5.92 Å². The van der Waals surface area contributed by atoms with Gasteiger partial charge in [-0.05, 0) is 42.5 Å². The van der Waals surface area contributed by atoms with Crippen molar-refractivity contribution in [2.45, 2.75) is 12.6 Å². The van der Waals surface area contributed by atoms with Crippen LogP contribution in [0.15, 0.2) is 48.5 Å². The SMILES string of the molecule is COc1ccc(N2C[C@@H](CNC(=O)Nc3cccc(C(F)(F)F)c3)CC2=O)cc1. The summed E-state index contributed by atoms with van der Waals surface area (Å²) in [6.45, 7) is 0.665. The molecular weight excluding hydrogens is 387 g/mol. The molecule has 1 saturated heterocycles. The molecule has 0 aliphatic carbocycles. The maximum atomic E-state index is 12.7. The Balaban J connectivity index is 1.52. The first-order chi connectivity index (χ1) is 13.8. The number of hydrogen-bond donors (Lipinski definition) is 2. The molecule has 9 heteroatoms. The normalized spacial score (nSPS) is 16.6. The molecule has 1 fully saturated rings. The van der Waals surface area contributed by atoms with Gasteiger partial charge in [-0.15, -0.1) is 0 Å². The van der Waals surface area contributed by atoms with Gasteiger partial charge in [-0.25, -0.2) is 4.79 Å². The van der Waals surface area contributed by atoms with Gasteiger partial charge < -0.3 is 20.3 Å². The summed E-state index contributed by atoms with van der Waals surface area (Å²) >= 11 is 0. The zero-order valence-electron chi connectivity index (χ0n) is 15.6. The van der Waals surface area contributed by atoms with E-state index < -0.39 is 17.8 Å². The number of urea groups is 1. The molecule has 1 heterocycles. The van der Waals surface area contributed by atoms with Crippen LogP contribution in [0.3, 0.4) is 0 Å². The average Bonchev–Trinajstić information content (AvgIpc) is 3.07. The van der Waals surface area contributed by atoms with Gasteiger partial charge in [0.25, 0.3) is 0 Å². The van der Waals surface area contributed by atoms with E-state index in [9.17, 15) is 22.8 Å². The zero-order valence-corrected chi connectivity index (χ0v) is 15.6. The minimum absolute atomic E-state index is 0.0414. The largest absolute Gasteiger partial charge is 0.497 e. The second kappa shape index (κ2) is 8.42. The summed E-state index contributed by atoms with van der Waals surface area (Å²) in [6, 6.07) is 10.9. The molecule has 154 valence electrons. The Morgan fingerprint density at radius 3 is 2.59 bits per heavy atom. The lowest BCUT2D eigenvalue weighted by atomic mass is 10.1. The molecule has 0 aromatic heterocycles. The lowest BCUT2D eigenvalue weighted by Crippen LogP contribution is -2.34. The number of anilines is 2. The van der Waals surface area contributed by atoms with Crippen molar-refractivity contribution in [2.75, 3.05) is 30.4 Å². The topological polar surface area (TPSA) is 70.7 Å². The van der Waals surface area contributed by atoms with Gasteiger partial charge in [-0.3, -0.25) is 4.79 Å². The number of amides is 3. The van der Waals surface area contributed by atoms with E-state index in [2.05, 4.69) is 10.6 Å². The van der Waals surface area contributed by atoms with Crippen molar-refractivity contribution in [3.05, 3.63) is 54.1 Å². The van der Waals surface area contributed by atoms with E-state index in [1.165, 1.54) is 12.1 Å². The van der Waals surface area contributed by atoms with E-state index in [4.69, 9.17) is 4.74 Å². The van der Waals surface area contributed by atoms with Gasteiger partial charge in [-0.2, -0.15) is 13.2 Å². The van der Waals surface area contributed by atoms with E-state index in [1.54, 1.807) is 36.3 Å². The molecule has 3 rings (SSSR count). The number of methoxy groups -OCH3 is 1. The molecule has 0 saturated carbocycles. The Kier molecular flexibility index (Phi) is 5.95. The maximum Gasteiger partial charge on any atom is 0.416 e. The van der Waals surface area contributed by atoms with Crippen LogP contribution in [-0.2, 0) is 11.0 Å². The van der Waals surface area contributed by atoms with Gasteiger partial charge in [0.2, 0.25) is 5.91 Å². The monoisotopic (exact) mass is 407 g/mol. The third kappa shape index (κ3) is 5.18. The van der Waals surface area contributed by atoms with Gasteiger partial charge in [0.15, 0.2) is 0 Å². The fourth-order valence-electron chi connectivity index (χ4n) is 3.12. The van der Waals surface area contributed by atoms with Crippen molar-refractivity contribution in [3.8, 4) is 5.75 Å². The number of nitrogens with zero attached hydrogens (tertiary/aromatic N) is 1. The summed E-state index contributed by atoms with van der Waals surface area (Å²) in [4.78, 5) is 25.9. The molecule has 0 spiro atoms. The number of ether oxygens (including phenoxy) is 1. The van der Waals surface area contributed by atoms with Crippen LogP contribution in [0.25, 0.3) is 0 Å². The molecule has 3 amide bonds. The van der Waals surface area contributed by atoms with Crippen molar-refractivity contribution < 1.29 is 27.5 Å². The van der Waals surface area contributed by atoms with Crippen LogP contribution in [0.2, 0.25) is 0 Å². The fourth-order valence-corrected chi connectivity index (χ4v) is 3.12. The Morgan fingerprint density at radius 2 is 1.93 bits per heavy atom. The number of benzene rings is 2. The van der Waals surface area contributed by atoms with Gasteiger partial charge >= 0.3 is 12.2 Å². The smallest absolute Gasteiger partial charge is 0.416 e. The standard InChI is InChI=1S/C20H20F3N3O3/c1-29-17-7-5-16(6-8-17)26-12-13(9-18(26)27)11-24-19(28)25-15-4-2-3-14(10-15)20(21,22)23/h2-8,10,13H,9,11-12H2,1H3,(H2,24,25,28)/t13-/m1/s1. The molecule has 2 aromatic carbocycles. The molecular formula is C20H20F3N3O3. The van der Waals surface area contributed by atoms with Crippen LogP contribution < -0.4 is 20.3 Å². The molecule has 0 unspecified atom stereocenters. The molecule has 1 aliphatic rings. The number of alkyl halides is 3. The number of halogens is 3. The van der Waals surface area contributed by atoms with Gasteiger partial charge in [0.1, 0.15) is 5.75 Å². The van der Waals surface area contributed by atoms with E-state index in [1.807, 2.05) is 0 Å². The first-order valence-corrected chi connectivity index (χ1v) is 8.93. The first kappa shape index (κ1) is 20.5. The van der Waals surface area contributed by atoms with Crippen molar-refractivity contribution in [1.29, 1.82) is 0 Å². The van der Waals surface area contributed by atoms with Gasteiger partial charge in [0, 0.05) is 36.8 Å². The highest BCUT2D eigenvalue weighted by molar-refractivity contribution is 5.96. The fraction of sp³-hybridized carbons (Fsp3) is 0.300. The maximum absolute atomic E-state index is 12.7. The molecule has 6 nitrogen and oxygen atoms in total. The Morgan fingerprint density at radius 1 is 1.21 bits per heavy atom. The summed E-state index contributed by atoms with van der Waals surface area (Å²) in [6.07, 6.45) is -4.21. The van der Waals surface area contributed by atoms with E-state index >= 15 is 0 Å².